The van der Waals surface area contributed by atoms with Crippen LogP contribution in [0.15, 0.2) is 12.1 Å². The summed E-state index contributed by atoms with van der Waals surface area (Å²) >= 11 is 2.05. The summed E-state index contributed by atoms with van der Waals surface area (Å²) in [6, 6.07) is 5.54. The van der Waals surface area contributed by atoms with E-state index < -0.39 is 0 Å². The molecule has 1 aliphatic carbocycles. The van der Waals surface area contributed by atoms with E-state index in [1.807, 2.05) is 28.7 Å². The van der Waals surface area contributed by atoms with Gasteiger partial charge in [-0.1, -0.05) is 19.3 Å². The van der Waals surface area contributed by atoms with Crippen LogP contribution >= 0.6 is 22.6 Å². The Balaban J connectivity index is 1.90. The second-order valence-corrected chi connectivity index (χ2v) is 6.34. The Morgan fingerprint density at radius 1 is 1.43 bits per heavy atom. The van der Waals surface area contributed by atoms with E-state index >= 15 is 0 Å². The van der Waals surface area contributed by atoms with E-state index in [1.54, 1.807) is 12.1 Å². The van der Waals surface area contributed by atoms with Gasteiger partial charge in [-0.3, -0.25) is 4.79 Å². The number of amides is 1. The fourth-order valence-electron chi connectivity index (χ4n) is 2.49. The molecule has 1 saturated carbocycles. The van der Waals surface area contributed by atoms with Gasteiger partial charge in [0.15, 0.2) is 12.4 Å². The van der Waals surface area contributed by atoms with Crippen LogP contribution in [0, 0.1) is 14.9 Å². The number of hydrogen-bond donors (Lipinski definition) is 2. The maximum absolute atomic E-state index is 11.9. The number of ether oxygens (including phenoxy) is 1. The minimum absolute atomic E-state index is 0.0530. The van der Waals surface area contributed by atoms with Gasteiger partial charge in [0.2, 0.25) is 0 Å². The number of benzene rings is 1. The fourth-order valence-corrected chi connectivity index (χ4v) is 3.29. The van der Waals surface area contributed by atoms with Gasteiger partial charge < -0.3 is 15.8 Å². The van der Waals surface area contributed by atoms with Gasteiger partial charge in [0.1, 0.15) is 0 Å². The molecule has 2 rings (SSSR count). The summed E-state index contributed by atoms with van der Waals surface area (Å²) in [5, 5.41) is 11.9. The van der Waals surface area contributed by atoms with Gasteiger partial charge in [-0.05, 0) is 47.6 Å². The molecule has 0 spiro atoms. The van der Waals surface area contributed by atoms with Gasteiger partial charge in [-0.15, -0.1) is 0 Å². The number of nitrogens with one attached hydrogen (secondary N) is 1. The minimum atomic E-state index is -0.124. The molecule has 5 nitrogen and oxygen atoms in total. The zero-order valence-corrected chi connectivity index (χ0v) is 13.9. The summed E-state index contributed by atoms with van der Waals surface area (Å²) in [7, 11) is 0. The van der Waals surface area contributed by atoms with Crippen molar-refractivity contribution in [2.45, 2.75) is 38.1 Å². The normalized spacial score (nSPS) is 15.2. The molecule has 0 bridgehead atoms. The smallest absolute Gasteiger partial charge is 0.258 e. The maximum atomic E-state index is 11.9. The highest BCUT2D eigenvalue weighted by Gasteiger charge is 2.16. The Morgan fingerprint density at radius 3 is 2.76 bits per heavy atom. The maximum Gasteiger partial charge on any atom is 0.258 e. The Labute approximate surface area is 138 Å². The highest BCUT2D eigenvalue weighted by molar-refractivity contribution is 14.1. The van der Waals surface area contributed by atoms with Crippen molar-refractivity contribution >= 4 is 34.2 Å². The van der Waals surface area contributed by atoms with Crippen molar-refractivity contribution in [3.05, 3.63) is 21.3 Å². The average Bonchev–Trinajstić information content (AvgIpc) is 2.47. The van der Waals surface area contributed by atoms with Crippen LogP contribution in [0.5, 0.6) is 5.75 Å². The molecule has 0 aliphatic heterocycles. The first kappa shape index (κ1) is 15.9. The lowest BCUT2D eigenvalue weighted by Gasteiger charge is -2.22. The number of carbonyl (C=O) groups is 1. The lowest BCUT2D eigenvalue weighted by Crippen LogP contribution is -2.39. The number of nitrogen functional groups attached to an aromatic ring is 1. The molecule has 0 atom stereocenters. The molecule has 0 radical (unpaired) electrons. The van der Waals surface area contributed by atoms with Crippen LogP contribution < -0.4 is 15.8 Å². The molecule has 6 heteroatoms. The first-order valence-electron chi connectivity index (χ1n) is 7.01. The summed E-state index contributed by atoms with van der Waals surface area (Å²) < 4.78 is 6.25. The molecule has 1 amide bonds. The lowest BCUT2D eigenvalue weighted by molar-refractivity contribution is -0.124. The monoisotopic (exact) mass is 399 g/mol. The summed E-state index contributed by atoms with van der Waals surface area (Å²) in [5.74, 6) is 0.342. The van der Waals surface area contributed by atoms with E-state index in [-0.39, 0.29) is 18.6 Å². The van der Waals surface area contributed by atoms with E-state index in [2.05, 4.69) is 5.32 Å². The zero-order chi connectivity index (χ0) is 15.2. The third-order valence-electron chi connectivity index (χ3n) is 3.52. The summed E-state index contributed by atoms with van der Waals surface area (Å²) in [5.41, 5.74) is 6.72. The molecule has 0 unspecified atom stereocenters. The van der Waals surface area contributed by atoms with Crippen LogP contribution in [0.25, 0.3) is 0 Å². The van der Waals surface area contributed by atoms with Crippen LogP contribution in [0.2, 0.25) is 0 Å². The molecule has 1 aliphatic rings. The van der Waals surface area contributed by atoms with Crippen LogP contribution in [-0.2, 0) is 4.79 Å². The molecule has 112 valence electrons. The average molecular weight is 399 g/mol. The van der Waals surface area contributed by atoms with E-state index in [0.29, 0.717) is 17.0 Å². The van der Waals surface area contributed by atoms with Gasteiger partial charge in [0, 0.05) is 6.04 Å². The number of nitrogens with zero attached hydrogens (tertiary/aromatic N) is 1. The third-order valence-corrected chi connectivity index (χ3v) is 4.32. The van der Waals surface area contributed by atoms with Gasteiger partial charge in [0.05, 0.1) is 20.9 Å². The van der Waals surface area contributed by atoms with Gasteiger partial charge in [-0.25, -0.2) is 0 Å². The number of nitrogens with two attached hydrogens (primary N) is 1. The Morgan fingerprint density at radius 2 is 2.14 bits per heavy atom. The van der Waals surface area contributed by atoms with Crippen molar-refractivity contribution < 1.29 is 9.53 Å². The first-order valence-corrected chi connectivity index (χ1v) is 8.09. The number of hydrogen-bond acceptors (Lipinski definition) is 4. The molecule has 3 N–H and O–H groups in total. The molecule has 1 aromatic rings. The predicted octanol–water partition coefficient (Wildman–Crippen LogP) is 2.57. The zero-order valence-electron chi connectivity index (χ0n) is 11.7. The number of anilines is 1. The quantitative estimate of drug-likeness (QED) is 0.602. The van der Waals surface area contributed by atoms with E-state index in [0.717, 1.165) is 16.4 Å². The van der Waals surface area contributed by atoms with Crippen LogP contribution in [-0.4, -0.2) is 18.6 Å². The predicted molar refractivity (Wildman–Crippen MR) is 88.8 cm³/mol. The molecule has 0 saturated heterocycles. The van der Waals surface area contributed by atoms with E-state index in [9.17, 15) is 4.79 Å². The van der Waals surface area contributed by atoms with Crippen LogP contribution in [0.1, 0.15) is 37.7 Å². The Hall–Kier alpha value is -1.49. The van der Waals surface area contributed by atoms with E-state index in [4.69, 9.17) is 15.7 Å². The van der Waals surface area contributed by atoms with Crippen molar-refractivity contribution in [2.75, 3.05) is 12.3 Å². The molecule has 0 aromatic heterocycles. The summed E-state index contributed by atoms with van der Waals surface area (Å²) in [6.07, 6.45) is 5.69. The molecule has 21 heavy (non-hydrogen) atoms. The first-order chi connectivity index (χ1) is 10.1. The fraction of sp³-hybridized carbons (Fsp3) is 0.467. The molecule has 0 heterocycles. The van der Waals surface area contributed by atoms with E-state index in [1.165, 1.54) is 19.3 Å². The van der Waals surface area contributed by atoms with Crippen molar-refractivity contribution in [3.63, 3.8) is 0 Å². The number of rotatable bonds is 4. The third kappa shape index (κ3) is 4.49. The number of carbonyl (C=O) groups excluding carboxylic acids is 1. The van der Waals surface area contributed by atoms with Crippen molar-refractivity contribution in [1.82, 2.24) is 5.32 Å². The van der Waals surface area contributed by atoms with Crippen LogP contribution in [0.3, 0.4) is 0 Å². The number of halogens is 1. The summed E-state index contributed by atoms with van der Waals surface area (Å²) in [4.78, 5) is 11.9. The molecular weight excluding hydrogens is 381 g/mol. The Kier molecular flexibility index (Phi) is 5.67. The highest BCUT2D eigenvalue weighted by Crippen LogP contribution is 2.29. The standard InChI is InChI=1S/C15H18IN3O2/c16-12-6-10(8-17)7-13(18)15(12)21-9-14(20)19-11-4-2-1-3-5-11/h6-7,11H,1-5,9,18H2,(H,19,20). The van der Waals surface area contributed by atoms with Crippen molar-refractivity contribution in [3.8, 4) is 11.8 Å². The Bertz CT molecular complexity index is 540. The second kappa shape index (κ2) is 7.50. The molecule has 1 aromatic carbocycles. The van der Waals surface area contributed by atoms with Crippen molar-refractivity contribution in [2.24, 2.45) is 0 Å². The molecule has 1 fully saturated rings. The van der Waals surface area contributed by atoms with Crippen molar-refractivity contribution in [1.29, 1.82) is 5.26 Å². The highest BCUT2D eigenvalue weighted by atomic mass is 127. The number of nitriles is 1. The van der Waals surface area contributed by atoms with Crippen LogP contribution in [0.4, 0.5) is 5.69 Å². The largest absolute Gasteiger partial charge is 0.480 e. The topological polar surface area (TPSA) is 88.1 Å². The summed E-state index contributed by atoms with van der Waals surface area (Å²) in [6.45, 7) is -0.0530. The van der Waals surface area contributed by atoms with Gasteiger partial charge in [-0.2, -0.15) is 5.26 Å². The van der Waals surface area contributed by atoms with Gasteiger partial charge in [0.25, 0.3) is 5.91 Å². The minimum Gasteiger partial charge on any atom is -0.480 e. The van der Waals surface area contributed by atoms with Gasteiger partial charge >= 0.3 is 0 Å². The second-order valence-electron chi connectivity index (χ2n) is 5.18. The lowest BCUT2D eigenvalue weighted by atomic mass is 9.95. The SMILES string of the molecule is N#Cc1cc(N)c(OCC(=O)NC2CCCCC2)c(I)c1. The molecular formula is C15H18IN3O2.